The van der Waals surface area contributed by atoms with Crippen molar-refractivity contribution >= 4 is 5.91 Å². The summed E-state index contributed by atoms with van der Waals surface area (Å²) in [4.78, 5) is 11.2. The molecule has 1 aromatic rings. The second-order valence-corrected chi connectivity index (χ2v) is 3.42. The van der Waals surface area contributed by atoms with Crippen LogP contribution in [-0.2, 0) is 11.2 Å². The van der Waals surface area contributed by atoms with Gasteiger partial charge in [-0.15, -0.1) is 0 Å². The van der Waals surface area contributed by atoms with Gasteiger partial charge in [0, 0.05) is 12.1 Å². The van der Waals surface area contributed by atoms with Gasteiger partial charge in [0.25, 0.3) is 0 Å². The highest BCUT2D eigenvalue weighted by Gasteiger charge is 2.14. The quantitative estimate of drug-likeness (QED) is 0.701. The lowest BCUT2D eigenvalue weighted by Gasteiger charge is -1.96. The predicted octanol–water partition coefficient (Wildman–Crippen LogP) is 1.68. The number of benzene rings is 1. The fourth-order valence-electron chi connectivity index (χ4n) is 1.59. The molecule has 1 fully saturated rings. The van der Waals surface area contributed by atoms with E-state index in [0.29, 0.717) is 0 Å². The summed E-state index contributed by atoms with van der Waals surface area (Å²) >= 11 is 0. The first-order chi connectivity index (χ1) is 6.86. The predicted molar refractivity (Wildman–Crippen MR) is 55.9 cm³/mol. The van der Waals surface area contributed by atoms with Crippen molar-refractivity contribution in [2.75, 3.05) is 6.54 Å². The molecule has 0 unspecified atom stereocenters. The van der Waals surface area contributed by atoms with Crippen LogP contribution in [-0.4, -0.2) is 12.5 Å². The molecule has 2 nitrogen and oxygen atoms in total. The lowest BCUT2D eigenvalue weighted by Crippen LogP contribution is -2.14. The Morgan fingerprint density at radius 3 is 2.71 bits per heavy atom. The van der Waals surface area contributed by atoms with Crippen molar-refractivity contribution in [3.8, 4) is 0 Å². The van der Waals surface area contributed by atoms with Gasteiger partial charge >= 0.3 is 0 Å². The molecule has 1 amide bonds. The van der Waals surface area contributed by atoms with E-state index in [1.807, 2.05) is 24.3 Å². The van der Waals surface area contributed by atoms with Crippen LogP contribution in [0.25, 0.3) is 0 Å². The average Bonchev–Trinajstić information content (AvgIpc) is 2.63. The first kappa shape index (κ1) is 9.00. The summed E-state index contributed by atoms with van der Waals surface area (Å²) in [5.74, 6) is 0.0981. The summed E-state index contributed by atoms with van der Waals surface area (Å²) in [7, 11) is 0. The number of hydrogen-bond donors (Lipinski definition) is 1. The monoisotopic (exact) mass is 187 g/mol. The molecule has 0 bridgehead atoms. The van der Waals surface area contributed by atoms with Crippen molar-refractivity contribution < 1.29 is 4.79 Å². The molecule has 0 aliphatic carbocycles. The molecular weight excluding hydrogens is 174 g/mol. The van der Waals surface area contributed by atoms with Crippen LogP contribution in [0.3, 0.4) is 0 Å². The van der Waals surface area contributed by atoms with E-state index < -0.39 is 0 Å². The molecule has 2 heteroatoms. The normalized spacial score (nSPS) is 18.6. The van der Waals surface area contributed by atoms with Crippen LogP contribution >= 0.6 is 0 Å². The van der Waals surface area contributed by atoms with Crippen LogP contribution in [0.1, 0.15) is 12.0 Å². The van der Waals surface area contributed by atoms with Crippen LogP contribution < -0.4 is 5.32 Å². The summed E-state index contributed by atoms with van der Waals surface area (Å²) in [6, 6.07) is 10.2. The Morgan fingerprint density at radius 1 is 1.29 bits per heavy atom. The Balaban J connectivity index is 2.03. The van der Waals surface area contributed by atoms with Gasteiger partial charge in [0.2, 0.25) is 5.91 Å². The zero-order valence-corrected chi connectivity index (χ0v) is 7.99. The molecule has 1 heterocycles. The zero-order valence-electron chi connectivity index (χ0n) is 7.99. The standard InChI is InChI=1S/C12H13NO/c14-12-11(8-9-13-12)7-6-10-4-2-1-3-5-10/h1-5,7H,6,8-9H2,(H,13,14). The van der Waals surface area contributed by atoms with Crippen molar-refractivity contribution in [2.24, 2.45) is 0 Å². The molecule has 72 valence electrons. The molecule has 0 saturated carbocycles. The van der Waals surface area contributed by atoms with Crippen LogP contribution in [0.15, 0.2) is 42.0 Å². The molecule has 0 spiro atoms. The molecule has 1 N–H and O–H groups in total. The van der Waals surface area contributed by atoms with Gasteiger partial charge < -0.3 is 5.32 Å². The molecule has 1 aliphatic rings. The highest BCUT2D eigenvalue weighted by Crippen LogP contribution is 2.10. The Bertz CT molecular complexity index is 354. The highest BCUT2D eigenvalue weighted by atomic mass is 16.1. The van der Waals surface area contributed by atoms with Crippen molar-refractivity contribution in [1.29, 1.82) is 0 Å². The zero-order chi connectivity index (χ0) is 9.80. The molecule has 0 radical (unpaired) electrons. The number of amides is 1. The molecule has 14 heavy (non-hydrogen) atoms. The highest BCUT2D eigenvalue weighted by molar-refractivity contribution is 5.95. The maximum Gasteiger partial charge on any atom is 0.246 e. The first-order valence-electron chi connectivity index (χ1n) is 4.87. The van der Waals surface area contributed by atoms with Gasteiger partial charge in [0.1, 0.15) is 0 Å². The van der Waals surface area contributed by atoms with Crippen molar-refractivity contribution in [1.82, 2.24) is 5.32 Å². The van der Waals surface area contributed by atoms with E-state index in [1.54, 1.807) is 0 Å². The van der Waals surface area contributed by atoms with Gasteiger partial charge in [-0.1, -0.05) is 36.4 Å². The Morgan fingerprint density at radius 2 is 2.07 bits per heavy atom. The lowest BCUT2D eigenvalue weighted by atomic mass is 10.1. The Hall–Kier alpha value is -1.57. The van der Waals surface area contributed by atoms with Crippen molar-refractivity contribution in [3.63, 3.8) is 0 Å². The van der Waals surface area contributed by atoms with Gasteiger partial charge in [-0.3, -0.25) is 4.79 Å². The number of allylic oxidation sites excluding steroid dienone is 1. The first-order valence-corrected chi connectivity index (χ1v) is 4.87. The number of carbonyl (C=O) groups excluding carboxylic acids is 1. The summed E-state index contributed by atoms with van der Waals surface area (Å²) in [5.41, 5.74) is 2.17. The fourth-order valence-corrected chi connectivity index (χ4v) is 1.59. The minimum atomic E-state index is 0.0981. The SMILES string of the molecule is O=C1NCCC1=CCc1ccccc1. The fraction of sp³-hybridized carbons (Fsp3) is 0.250. The largest absolute Gasteiger partial charge is 0.352 e. The number of carbonyl (C=O) groups is 1. The topological polar surface area (TPSA) is 29.1 Å². The van der Waals surface area contributed by atoms with E-state index in [9.17, 15) is 4.79 Å². The van der Waals surface area contributed by atoms with Crippen molar-refractivity contribution in [3.05, 3.63) is 47.5 Å². The maximum atomic E-state index is 11.2. The maximum absolute atomic E-state index is 11.2. The van der Waals surface area contributed by atoms with E-state index in [0.717, 1.165) is 25.0 Å². The van der Waals surface area contributed by atoms with E-state index in [2.05, 4.69) is 17.4 Å². The second-order valence-electron chi connectivity index (χ2n) is 3.42. The Kier molecular flexibility index (Phi) is 2.63. The molecular formula is C12H13NO. The van der Waals surface area contributed by atoms with Gasteiger partial charge in [-0.2, -0.15) is 0 Å². The molecule has 2 rings (SSSR count). The third-order valence-corrected chi connectivity index (χ3v) is 2.40. The van der Waals surface area contributed by atoms with Gasteiger partial charge in [0.15, 0.2) is 0 Å². The third kappa shape index (κ3) is 2.02. The van der Waals surface area contributed by atoms with Gasteiger partial charge in [-0.05, 0) is 18.4 Å². The van der Waals surface area contributed by atoms with E-state index in [1.165, 1.54) is 5.56 Å². The van der Waals surface area contributed by atoms with Gasteiger partial charge in [0.05, 0.1) is 0 Å². The summed E-state index contributed by atoms with van der Waals surface area (Å²) in [6.45, 7) is 0.791. The van der Waals surface area contributed by atoms with E-state index >= 15 is 0 Å². The van der Waals surface area contributed by atoms with Crippen LogP contribution in [0, 0.1) is 0 Å². The van der Waals surface area contributed by atoms with Gasteiger partial charge in [-0.25, -0.2) is 0 Å². The molecule has 1 aromatic carbocycles. The summed E-state index contributed by atoms with van der Waals surface area (Å²) in [6.07, 6.45) is 3.74. The molecule has 0 atom stereocenters. The van der Waals surface area contributed by atoms with Crippen molar-refractivity contribution in [2.45, 2.75) is 12.8 Å². The third-order valence-electron chi connectivity index (χ3n) is 2.40. The number of hydrogen-bond acceptors (Lipinski definition) is 1. The Labute approximate surface area is 83.6 Å². The summed E-state index contributed by atoms with van der Waals surface area (Å²) < 4.78 is 0. The smallest absolute Gasteiger partial charge is 0.246 e. The van der Waals surface area contributed by atoms with E-state index in [4.69, 9.17) is 0 Å². The number of rotatable bonds is 2. The molecule has 0 aromatic heterocycles. The number of nitrogens with one attached hydrogen (secondary N) is 1. The minimum Gasteiger partial charge on any atom is -0.352 e. The van der Waals surface area contributed by atoms with Crippen LogP contribution in [0.2, 0.25) is 0 Å². The second kappa shape index (κ2) is 4.09. The van der Waals surface area contributed by atoms with Crippen LogP contribution in [0.4, 0.5) is 0 Å². The molecule has 1 aliphatic heterocycles. The minimum absolute atomic E-state index is 0.0981. The van der Waals surface area contributed by atoms with E-state index in [-0.39, 0.29) is 5.91 Å². The average molecular weight is 187 g/mol. The van der Waals surface area contributed by atoms with Crippen LogP contribution in [0.5, 0.6) is 0 Å². The lowest BCUT2D eigenvalue weighted by molar-refractivity contribution is -0.116. The molecule has 1 saturated heterocycles. The summed E-state index contributed by atoms with van der Waals surface area (Å²) in [5, 5.41) is 2.80.